The average molecular weight is 495 g/mol. The summed E-state index contributed by atoms with van der Waals surface area (Å²) >= 11 is 0. The van der Waals surface area contributed by atoms with Crippen LogP contribution in [0.4, 0.5) is 0 Å². The summed E-state index contributed by atoms with van der Waals surface area (Å²) in [5.41, 5.74) is 5.89. The fraction of sp³-hybridized carbons (Fsp3) is 0.545. The average Bonchev–Trinajstić information content (AvgIpc) is 2.90. The zero-order valence-electron chi connectivity index (χ0n) is 15.0. The summed E-state index contributed by atoms with van der Waals surface area (Å²) in [6, 6.07) is 0. The molecule has 2 aliphatic rings. The van der Waals surface area contributed by atoms with Crippen LogP contribution in [-0.2, 0) is 31.6 Å². The van der Waals surface area contributed by atoms with Gasteiger partial charge in [-0.15, -0.1) is 0 Å². The van der Waals surface area contributed by atoms with Crippen LogP contribution >= 0.6 is 23.5 Å². The molecular formula is C11H20N3O13P3. The number of aliphatic hydroxyl groups is 2. The molecule has 0 amide bonds. The summed E-state index contributed by atoms with van der Waals surface area (Å²) in [6.45, 7) is 2.42. The standard InChI is InChI=1S/C11H20N3O13P3/c1-6-13-11(12)7(4-15)3-14(6)10-2-8(16)9(25-10)5-24-29(20,21)27-30(22,23)26-28(17,18)19/h3,8-10,15-16H,1-2,4-5H2,(H2,12,13)(H,20,21)(H,22,23)(H2,17,18,19)/t8-,9-,10-/m1/s1. The molecule has 30 heavy (non-hydrogen) atoms. The van der Waals surface area contributed by atoms with Gasteiger partial charge in [0.15, 0.2) is 0 Å². The van der Waals surface area contributed by atoms with Crippen molar-refractivity contribution in [2.45, 2.75) is 24.9 Å². The quantitative estimate of drug-likeness (QED) is 0.186. The molecule has 2 heterocycles. The fourth-order valence-corrected chi connectivity index (χ4v) is 5.48. The highest BCUT2D eigenvalue weighted by atomic mass is 31.3. The fourth-order valence-electron chi connectivity index (χ4n) is 2.46. The first-order valence-electron chi connectivity index (χ1n) is 7.87. The summed E-state index contributed by atoms with van der Waals surface area (Å²) in [4.78, 5) is 40.8. The van der Waals surface area contributed by atoms with Crippen LogP contribution in [-0.4, -0.2) is 72.2 Å². The van der Waals surface area contributed by atoms with E-state index in [-0.39, 0.29) is 23.7 Å². The Labute approximate surface area is 169 Å². The highest BCUT2D eigenvalue weighted by Crippen LogP contribution is 2.66. The van der Waals surface area contributed by atoms with E-state index in [9.17, 15) is 28.8 Å². The normalized spacial score (nSPS) is 29.2. The number of amidine groups is 1. The molecule has 0 aliphatic carbocycles. The third kappa shape index (κ3) is 7.04. The van der Waals surface area contributed by atoms with Gasteiger partial charge in [-0.3, -0.25) is 4.52 Å². The molecule has 0 aromatic heterocycles. The number of hydrogen-bond acceptors (Lipinski definition) is 12. The topological polar surface area (TPSA) is 251 Å². The van der Waals surface area contributed by atoms with Crippen molar-refractivity contribution in [1.82, 2.24) is 4.90 Å². The van der Waals surface area contributed by atoms with Crippen LogP contribution in [0.1, 0.15) is 6.42 Å². The van der Waals surface area contributed by atoms with Crippen LogP contribution in [0, 0.1) is 0 Å². The van der Waals surface area contributed by atoms with Gasteiger partial charge in [0.1, 0.15) is 24.0 Å². The summed E-state index contributed by atoms with van der Waals surface area (Å²) < 4.78 is 50.7. The van der Waals surface area contributed by atoms with Crippen molar-refractivity contribution in [3.8, 4) is 0 Å². The predicted molar refractivity (Wildman–Crippen MR) is 96.9 cm³/mol. The molecule has 19 heteroatoms. The van der Waals surface area contributed by atoms with Crippen LogP contribution < -0.4 is 5.73 Å². The van der Waals surface area contributed by atoms with E-state index in [2.05, 4.69) is 24.7 Å². The van der Waals surface area contributed by atoms with Crippen LogP contribution in [0.3, 0.4) is 0 Å². The lowest BCUT2D eigenvalue weighted by molar-refractivity contribution is -0.0555. The van der Waals surface area contributed by atoms with E-state index in [1.807, 2.05) is 0 Å². The van der Waals surface area contributed by atoms with Crippen LogP contribution in [0.2, 0.25) is 0 Å². The molecule has 1 fully saturated rings. The number of rotatable bonds is 9. The number of aliphatic imine (C=N–C) groups is 1. The first-order valence-corrected chi connectivity index (χ1v) is 12.4. The van der Waals surface area contributed by atoms with Gasteiger partial charge < -0.3 is 45.2 Å². The Bertz CT molecular complexity index is 885. The van der Waals surface area contributed by atoms with Crippen molar-refractivity contribution in [3.63, 3.8) is 0 Å². The van der Waals surface area contributed by atoms with Crippen molar-refractivity contribution < 1.29 is 61.4 Å². The lowest BCUT2D eigenvalue weighted by Gasteiger charge is -2.30. The van der Waals surface area contributed by atoms with Gasteiger partial charge in [0.05, 0.1) is 19.3 Å². The summed E-state index contributed by atoms with van der Waals surface area (Å²) in [5, 5.41) is 19.4. The smallest absolute Gasteiger partial charge is 0.391 e. The van der Waals surface area contributed by atoms with Gasteiger partial charge in [0.2, 0.25) is 0 Å². The number of nitrogens with two attached hydrogens (primary N) is 1. The Morgan fingerprint density at radius 1 is 1.23 bits per heavy atom. The Hall–Kier alpha value is -0.960. The van der Waals surface area contributed by atoms with E-state index < -0.39 is 55.1 Å². The summed E-state index contributed by atoms with van der Waals surface area (Å²) in [5.74, 6) is 0.178. The third-order valence-corrected chi connectivity index (χ3v) is 7.48. The number of nitrogens with zero attached hydrogens (tertiary/aromatic N) is 2. The maximum Gasteiger partial charge on any atom is 0.490 e. The number of hydrogen-bond donors (Lipinski definition) is 7. The van der Waals surface area contributed by atoms with Gasteiger partial charge in [0.25, 0.3) is 0 Å². The maximum atomic E-state index is 11.7. The predicted octanol–water partition coefficient (Wildman–Crippen LogP) is -1.17. The zero-order valence-corrected chi connectivity index (χ0v) is 17.7. The SMILES string of the molecule is C=C1N=C(N)C(CO)=CN1[C@H]1C[C@@H](O)[C@@H](COP(=O)(O)OP(=O)(O)OP(=O)(O)O)O1. The molecule has 0 saturated carbocycles. The Morgan fingerprint density at radius 3 is 2.43 bits per heavy atom. The molecule has 16 nitrogen and oxygen atoms in total. The lowest BCUT2D eigenvalue weighted by atomic mass is 10.1. The molecule has 8 N–H and O–H groups in total. The second kappa shape index (κ2) is 9.27. The molecule has 2 unspecified atom stereocenters. The minimum Gasteiger partial charge on any atom is -0.391 e. The van der Waals surface area contributed by atoms with Gasteiger partial charge in [-0.05, 0) is 0 Å². The van der Waals surface area contributed by atoms with Crippen molar-refractivity contribution in [3.05, 3.63) is 24.2 Å². The van der Waals surface area contributed by atoms with E-state index in [4.69, 9.17) is 25.2 Å². The van der Waals surface area contributed by atoms with Crippen molar-refractivity contribution in [2.24, 2.45) is 10.7 Å². The minimum atomic E-state index is -5.65. The maximum absolute atomic E-state index is 11.7. The van der Waals surface area contributed by atoms with E-state index in [0.29, 0.717) is 0 Å². The van der Waals surface area contributed by atoms with Crippen LogP contribution in [0.25, 0.3) is 0 Å². The van der Waals surface area contributed by atoms with Crippen molar-refractivity contribution in [1.29, 1.82) is 0 Å². The highest BCUT2D eigenvalue weighted by molar-refractivity contribution is 7.66. The van der Waals surface area contributed by atoms with Crippen LogP contribution in [0.5, 0.6) is 0 Å². The van der Waals surface area contributed by atoms with Gasteiger partial charge in [-0.25, -0.2) is 18.7 Å². The largest absolute Gasteiger partial charge is 0.490 e. The van der Waals surface area contributed by atoms with Crippen molar-refractivity contribution >= 4 is 29.3 Å². The Morgan fingerprint density at radius 2 is 1.87 bits per heavy atom. The van der Waals surface area contributed by atoms with Gasteiger partial charge in [0, 0.05) is 18.2 Å². The monoisotopic (exact) mass is 495 g/mol. The number of aliphatic hydroxyl groups excluding tert-OH is 2. The number of ether oxygens (including phenoxy) is 1. The molecule has 1 saturated heterocycles. The molecule has 0 spiro atoms. The first kappa shape index (κ1) is 25.3. The van der Waals surface area contributed by atoms with Gasteiger partial charge >= 0.3 is 23.5 Å². The first-order chi connectivity index (χ1) is 13.6. The lowest BCUT2D eigenvalue weighted by Crippen LogP contribution is -2.35. The molecule has 172 valence electrons. The molecule has 0 aromatic rings. The molecule has 2 rings (SSSR count). The molecule has 0 bridgehead atoms. The van der Waals surface area contributed by atoms with Crippen molar-refractivity contribution in [2.75, 3.05) is 13.2 Å². The molecule has 0 aromatic carbocycles. The summed E-state index contributed by atoms with van der Waals surface area (Å²) in [6.07, 6.45) is -1.98. The Balaban J connectivity index is 1.98. The molecule has 0 radical (unpaired) electrons. The van der Waals surface area contributed by atoms with E-state index in [1.54, 1.807) is 0 Å². The third-order valence-electron chi connectivity index (χ3n) is 3.67. The van der Waals surface area contributed by atoms with E-state index in [1.165, 1.54) is 11.1 Å². The molecule has 5 atom stereocenters. The van der Waals surface area contributed by atoms with Gasteiger partial charge in [-0.1, -0.05) is 6.58 Å². The number of phosphoric ester groups is 1. The zero-order chi connectivity index (χ0) is 22.9. The second-order valence-electron chi connectivity index (χ2n) is 5.95. The second-order valence-corrected chi connectivity index (χ2v) is 10.4. The van der Waals surface area contributed by atoms with E-state index >= 15 is 0 Å². The number of phosphoric acid groups is 3. The summed E-state index contributed by atoms with van der Waals surface area (Å²) in [7, 11) is -16.5. The Kier molecular flexibility index (Phi) is 7.81. The minimum absolute atomic E-state index is 0.0431. The van der Waals surface area contributed by atoms with Crippen LogP contribution in [0.15, 0.2) is 29.2 Å². The van der Waals surface area contributed by atoms with E-state index in [0.717, 1.165) is 0 Å². The molecule has 2 aliphatic heterocycles. The highest BCUT2D eigenvalue weighted by Gasteiger charge is 2.43. The molecular weight excluding hydrogens is 475 g/mol. The van der Waals surface area contributed by atoms with Gasteiger partial charge in [-0.2, -0.15) is 8.62 Å².